The molecule has 1 fully saturated rings. The smallest absolute Gasteiger partial charge is 0.0217 e. The van der Waals surface area contributed by atoms with E-state index in [0.717, 1.165) is 18.5 Å². The predicted octanol–water partition coefficient (Wildman–Crippen LogP) is 3.65. The molecule has 0 aromatic carbocycles. The molecule has 0 aromatic heterocycles. The van der Waals surface area contributed by atoms with Crippen molar-refractivity contribution in [3.63, 3.8) is 0 Å². The van der Waals surface area contributed by atoms with Crippen LogP contribution in [0.25, 0.3) is 0 Å². The molecule has 1 saturated carbocycles. The predicted molar refractivity (Wildman–Crippen MR) is 80.7 cm³/mol. The Balaban J connectivity index is 2.53. The van der Waals surface area contributed by atoms with Gasteiger partial charge in [0.1, 0.15) is 0 Å². The van der Waals surface area contributed by atoms with Crippen LogP contribution in [0, 0.1) is 11.3 Å². The molecular weight excluding hydrogens is 220 g/mol. The number of hydrogen-bond acceptors (Lipinski definition) is 2. The zero-order chi connectivity index (χ0) is 13.8. The van der Waals surface area contributed by atoms with Gasteiger partial charge in [-0.15, -0.1) is 0 Å². The maximum Gasteiger partial charge on any atom is 0.0217 e. The summed E-state index contributed by atoms with van der Waals surface area (Å²) in [6.45, 7) is 13.7. The molecule has 1 rings (SSSR count). The first-order valence-corrected chi connectivity index (χ1v) is 7.80. The van der Waals surface area contributed by atoms with Crippen LogP contribution in [0.3, 0.4) is 0 Å². The lowest BCUT2D eigenvalue weighted by Crippen LogP contribution is -2.48. The van der Waals surface area contributed by atoms with E-state index >= 15 is 0 Å². The maximum absolute atomic E-state index is 6.38. The third kappa shape index (κ3) is 5.27. The highest BCUT2D eigenvalue weighted by atomic mass is 15.2. The summed E-state index contributed by atoms with van der Waals surface area (Å²) < 4.78 is 0. The molecule has 1 atom stereocenters. The van der Waals surface area contributed by atoms with Gasteiger partial charge in [0.15, 0.2) is 0 Å². The van der Waals surface area contributed by atoms with E-state index in [-0.39, 0.29) is 11.5 Å². The molecule has 1 aliphatic rings. The first-order valence-electron chi connectivity index (χ1n) is 7.80. The van der Waals surface area contributed by atoms with Crippen LogP contribution in [0.2, 0.25) is 0 Å². The molecule has 2 heteroatoms. The average molecular weight is 254 g/mol. The van der Waals surface area contributed by atoms with E-state index < -0.39 is 0 Å². The molecule has 0 aromatic rings. The molecule has 2 N–H and O–H groups in total. The molecule has 2 nitrogen and oxygen atoms in total. The average Bonchev–Trinajstić information content (AvgIpc) is 2.75. The van der Waals surface area contributed by atoms with Crippen molar-refractivity contribution in [2.45, 2.75) is 78.8 Å². The molecule has 0 bridgehead atoms. The van der Waals surface area contributed by atoms with Crippen LogP contribution in [0.5, 0.6) is 0 Å². The first kappa shape index (κ1) is 16.0. The third-order valence-corrected chi connectivity index (χ3v) is 4.38. The molecule has 0 heterocycles. The summed E-state index contributed by atoms with van der Waals surface area (Å²) in [4.78, 5) is 2.68. The minimum Gasteiger partial charge on any atom is -0.326 e. The summed E-state index contributed by atoms with van der Waals surface area (Å²) in [6.07, 6.45) is 6.89. The molecule has 0 spiro atoms. The van der Waals surface area contributed by atoms with Gasteiger partial charge in [0.25, 0.3) is 0 Å². The third-order valence-electron chi connectivity index (χ3n) is 4.38. The van der Waals surface area contributed by atoms with Gasteiger partial charge in [-0.25, -0.2) is 0 Å². The molecule has 1 aliphatic carbocycles. The summed E-state index contributed by atoms with van der Waals surface area (Å²) in [7, 11) is 0. The minimum absolute atomic E-state index is 0.217. The lowest BCUT2D eigenvalue weighted by Gasteiger charge is -2.36. The Bertz CT molecular complexity index is 224. The molecule has 0 radical (unpaired) electrons. The Morgan fingerprint density at radius 2 is 1.72 bits per heavy atom. The monoisotopic (exact) mass is 254 g/mol. The highest BCUT2D eigenvalue weighted by Gasteiger charge is 2.28. The lowest BCUT2D eigenvalue weighted by atomic mass is 9.86. The standard InChI is InChI=1S/C16H34N2/c1-13(2)10-11-18(14-8-6-7-9-14)12-15(17)16(3,4)5/h13-15H,6-12,17H2,1-5H3. The molecule has 0 saturated heterocycles. The second-order valence-corrected chi connectivity index (χ2v) is 7.59. The minimum atomic E-state index is 0.217. The second kappa shape index (κ2) is 6.91. The van der Waals surface area contributed by atoms with Gasteiger partial charge >= 0.3 is 0 Å². The molecule has 18 heavy (non-hydrogen) atoms. The van der Waals surface area contributed by atoms with Crippen LogP contribution in [0.4, 0.5) is 0 Å². The highest BCUT2D eigenvalue weighted by Crippen LogP contribution is 2.26. The van der Waals surface area contributed by atoms with Gasteiger partial charge in [0, 0.05) is 18.6 Å². The number of nitrogens with two attached hydrogens (primary N) is 1. The Morgan fingerprint density at radius 3 is 2.17 bits per heavy atom. The normalized spacial score (nSPS) is 20.0. The van der Waals surface area contributed by atoms with Gasteiger partial charge in [0.2, 0.25) is 0 Å². The summed E-state index contributed by atoms with van der Waals surface area (Å²) in [5, 5.41) is 0. The quantitative estimate of drug-likeness (QED) is 0.784. The lowest BCUT2D eigenvalue weighted by molar-refractivity contribution is 0.145. The van der Waals surface area contributed by atoms with E-state index in [4.69, 9.17) is 5.73 Å². The maximum atomic E-state index is 6.38. The van der Waals surface area contributed by atoms with E-state index in [1.54, 1.807) is 0 Å². The molecule has 108 valence electrons. The molecule has 0 amide bonds. The van der Waals surface area contributed by atoms with E-state index in [1.165, 1.54) is 38.6 Å². The fraction of sp³-hybridized carbons (Fsp3) is 1.00. The van der Waals surface area contributed by atoms with Gasteiger partial charge in [-0.3, -0.25) is 4.90 Å². The van der Waals surface area contributed by atoms with Crippen molar-refractivity contribution in [3.8, 4) is 0 Å². The Hall–Kier alpha value is -0.0800. The number of hydrogen-bond donors (Lipinski definition) is 1. The SMILES string of the molecule is CC(C)CCN(CC(N)C(C)(C)C)C1CCCC1. The molecule has 1 unspecified atom stereocenters. The van der Waals surface area contributed by atoms with Gasteiger partial charge in [0.05, 0.1) is 0 Å². The van der Waals surface area contributed by atoms with Crippen molar-refractivity contribution in [3.05, 3.63) is 0 Å². The van der Waals surface area contributed by atoms with Crippen LogP contribution < -0.4 is 5.73 Å². The number of nitrogens with zero attached hydrogens (tertiary/aromatic N) is 1. The van der Waals surface area contributed by atoms with E-state index in [2.05, 4.69) is 39.5 Å². The van der Waals surface area contributed by atoms with Crippen molar-refractivity contribution in [1.29, 1.82) is 0 Å². The summed E-state index contributed by atoms with van der Waals surface area (Å²) in [5.74, 6) is 0.791. The van der Waals surface area contributed by atoms with Crippen molar-refractivity contribution in [1.82, 2.24) is 4.90 Å². The van der Waals surface area contributed by atoms with Gasteiger partial charge in [-0.05, 0) is 37.1 Å². The highest BCUT2D eigenvalue weighted by molar-refractivity contribution is 4.85. The van der Waals surface area contributed by atoms with Crippen LogP contribution in [0.15, 0.2) is 0 Å². The summed E-state index contributed by atoms with van der Waals surface area (Å²) in [6, 6.07) is 1.09. The summed E-state index contributed by atoms with van der Waals surface area (Å²) >= 11 is 0. The molecular formula is C16H34N2. The van der Waals surface area contributed by atoms with Crippen LogP contribution in [-0.4, -0.2) is 30.1 Å². The van der Waals surface area contributed by atoms with Crippen LogP contribution in [-0.2, 0) is 0 Å². The number of rotatable bonds is 6. The fourth-order valence-electron chi connectivity index (χ4n) is 2.64. The first-order chi connectivity index (χ1) is 8.30. The Morgan fingerprint density at radius 1 is 1.17 bits per heavy atom. The van der Waals surface area contributed by atoms with Crippen molar-refractivity contribution in [2.75, 3.05) is 13.1 Å². The summed E-state index contributed by atoms with van der Waals surface area (Å²) in [5.41, 5.74) is 6.60. The van der Waals surface area contributed by atoms with Gasteiger partial charge in [-0.1, -0.05) is 47.5 Å². The zero-order valence-electron chi connectivity index (χ0n) is 13.2. The fourth-order valence-corrected chi connectivity index (χ4v) is 2.64. The zero-order valence-corrected chi connectivity index (χ0v) is 13.2. The largest absolute Gasteiger partial charge is 0.326 e. The topological polar surface area (TPSA) is 29.3 Å². The van der Waals surface area contributed by atoms with Gasteiger partial charge in [-0.2, -0.15) is 0 Å². The van der Waals surface area contributed by atoms with Crippen LogP contribution >= 0.6 is 0 Å². The Labute approximate surface area is 114 Å². The van der Waals surface area contributed by atoms with Crippen LogP contribution in [0.1, 0.15) is 66.7 Å². The second-order valence-electron chi connectivity index (χ2n) is 7.59. The van der Waals surface area contributed by atoms with Crippen molar-refractivity contribution in [2.24, 2.45) is 17.1 Å². The van der Waals surface area contributed by atoms with Crippen molar-refractivity contribution >= 4 is 0 Å². The van der Waals surface area contributed by atoms with E-state index in [0.29, 0.717) is 0 Å². The van der Waals surface area contributed by atoms with Gasteiger partial charge < -0.3 is 5.73 Å². The Kier molecular flexibility index (Phi) is 6.13. The van der Waals surface area contributed by atoms with Crippen molar-refractivity contribution < 1.29 is 0 Å². The van der Waals surface area contributed by atoms with E-state index in [1.807, 2.05) is 0 Å². The van der Waals surface area contributed by atoms with E-state index in [9.17, 15) is 0 Å². The molecule has 0 aliphatic heterocycles.